The summed E-state index contributed by atoms with van der Waals surface area (Å²) in [5.74, 6) is 2.58. The van der Waals surface area contributed by atoms with Crippen LogP contribution in [-0.2, 0) is 6.54 Å². The number of benzene rings is 1. The first-order valence-electron chi connectivity index (χ1n) is 8.69. The number of hydrogen-bond donors (Lipinski definition) is 0. The monoisotopic (exact) mass is 339 g/mol. The van der Waals surface area contributed by atoms with Crippen molar-refractivity contribution >= 4 is 0 Å². The van der Waals surface area contributed by atoms with E-state index in [0.717, 1.165) is 35.7 Å². The summed E-state index contributed by atoms with van der Waals surface area (Å²) >= 11 is 0. The van der Waals surface area contributed by atoms with Gasteiger partial charge in [-0.2, -0.15) is 4.98 Å². The van der Waals surface area contributed by atoms with Crippen LogP contribution >= 0.6 is 0 Å². The molecule has 0 saturated heterocycles. The van der Waals surface area contributed by atoms with Crippen molar-refractivity contribution in [3.63, 3.8) is 0 Å². The van der Waals surface area contributed by atoms with E-state index in [1.807, 2.05) is 30.5 Å². The molecule has 1 aliphatic carbocycles. The third-order valence-corrected chi connectivity index (χ3v) is 4.66. The highest BCUT2D eigenvalue weighted by Gasteiger charge is 2.21. The van der Waals surface area contributed by atoms with Gasteiger partial charge in [-0.05, 0) is 25.0 Å². The van der Waals surface area contributed by atoms with Crippen molar-refractivity contribution in [1.82, 2.24) is 25.1 Å². The van der Waals surface area contributed by atoms with Gasteiger partial charge >= 0.3 is 0 Å². The van der Waals surface area contributed by atoms with Crippen LogP contribution in [0, 0.1) is 0 Å². The molecule has 1 aliphatic rings. The number of para-hydroxylation sites is 1. The fourth-order valence-corrected chi connectivity index (χ4v) is 3.35. The van der Waals surface area contributed by atoms with E-state index in [9.17, 15) is 0 Å². The molecule has 0 radical (unpaired) electrons. The lowest BCUT2D eigenvalue weighted by Gasteiger charge is -2.17. The van der Waals surface area contributed by atoms with E-state index >= 15 is 0 Å². The van der Waals surface area contributed by atoms with E-state index in [4.69, 9.17) is 9.26 Å². The van der Waals surface area contributed by atoms with Crippen LogP contribution in [-0.4, -0.2) is 32.2 Å². The molecule has 2 aromatic heterocycles. The van der Waals surface area contributed by atoms with E-state index in [1.165, 1.54) is 19.3 Å². The summed E-state index contributed by atoms with van der Waals surface area (Å²) in [6.45, 7) is 0.443. The molecule has 25 heavy (non-hydrogen) atoms. The lowest BCUT2D eigenvalue weighted by molar-refractivity contribution is 0.311. The molecule has 1 saturated carbocycles. The molecule has 0 atom stereocenters. The lowest BCUT2D eigenvalue weighted by Crippen LogP contribution is -2.06. The predicted octanol–water partition coefficient (Wildman–Crippen LogP) is 3.43. The molecule has 4 rings (SSSR count). The molecule has 7 nitrogen and oxygen atoms in total. The zero-order valence-corrected chi connectivity index (χ0v) is 14.3. The van der Waals surface area contributed by atoms with Crippen LogP contribution < -0.4 is 4.74 Å². The first-order chi connectivity index (χ1) is 12.3. The van der Waals surface area contributed by atoms with Gasteiger partial charge in [-0.15, -0.1) is 5.10 Å². The summed E-state index contributed by atoms with van der Waals surface area (Å²) in [5, 5.41) is 12.5. The third kappa shape index (κ3) is 3.40. The average Bonchev–Trinajstić information content (AvgIpc) is 3.32. The fraction of sp³-hybridized carbons (Fsp3) is 0.444. The Balaban J connectivity index is 1.49. The first kappa shape index (κ1) is 15.8. The second-order valence-corrected chi connectivity index (χ2v) is 6.39. The van der Waals surface area contributed by atoms with Gasteiger partial charge in [0.1, 0.15) is 18.0 Å². The molecule has 0 N–H and O–H groups in total. The molecule has 130 valence electrons. The number of ether oxygens (including phenoxy) is 1. The highest BCUT2D eigenvalue weighted by Crippen LogP contribution is 2.31. The smallest absolute Gasteiger partial charge is 0.229 e. The maximum absolute atomic E-state index is 5.46. The summed E-state index contributed by atoms with van der Waals surface area (Å²) in [5.41, 5.74) is 1.67. The van der Waals surface area contributed by atoms with Gasteiger partial charge in [-0.25, -0.2) is 4.68 Å². The number of hydrogen-bond acceptors (Lipinski definition) is 6. The Morgan fingerprint density at radius 2 is 2.04 bits per heavy atom. The third-order valence-electron chi connectivity index (χ3n) is 4.66. The van der Waals surface area contributed by atoms with Crippen LogP contribution in [0.2, 0.25) is 0 Å². The van der Waals surface area contributed by atoms with Crippen LogP contribution in [0.5, 0.6) is 5.75 Å². The standard InChI is InChI=1S/C18H21N5O2/c1-24-16-10-6-5-9-14(16)15-11-23(22-20-15)12-17-19-18(25-21-17)13-7-3-2-4-8-13/h5-6,9-11,13H,2-4,7-8,12H2,1H3. The Morgan fingerprint density at radius 1 is 1.20 bits per heavy atom. The molecule has 0 aliphatic heterocycles. The predicted molar refractivity (Wildman–Crippen MR) is 91.2 cm³/mol. The minimum Gasteiger partial charge on any atom is -0.496 e. The molecule has 0 unspecified atom stereocenters. The van der Waals surface area contributed by atoms with Crippen LogP contribution in [0.3, 0.4) is 0 Å². The molecule has 0 bridgehead atoms. The maximum Gasteiger partial charge on any atom is 0.229 e. The van der Waals surface area contributed by atoms with Gasteiger partial charge in [-0.1, -0.05) is 41.8 Å². The maximum atomic E-state index is 5.46. The zero-order valence-electron chi connectivity index (χ0n) is 14.3. The molecule has 1 fully saturated rings. The average molecular weight is 339 g/mol. The van der Waals surface area contributed by atoms with Crippen molar-refractivity contribution in [1.29, 1.82) is 0 Å². The normalized spacial score (nSPS) is 15.4. The van der Waals surface area contributed by atoms with Crippen molar-refractivity contribution in [3.05, 3.63) is 42.2 Å². The van der Waals surface area contributed by atoms with Gasteiger partial charge < -0.3 is 9.26 Å². The Labute approximate surface area is 146 Å². The molecule has 0 spiro atoms. The SMILES string of the molecule is COc1ccccc1-c1cn(Cc2noc(C3CCCCC3)n2)nn1. The molecule has 7 heteroatoms. The van der Waals surface area contributed by atoms with Gasteiger partial charge in [0.25, 0.3) is 0 Å². The molecule has 0 amide bonds. The van der Waals surface area contributed by atoms with Crippen LogP contribution in [0.4, 0.5) is 0 Å². The van der Waals surface area contributed by atoms with E-state index in [2.05, 4.69) is 20.5 Å². The highest BCUT2D eigenvalue weighted by atomic mass is 16.5. The number of rotatable bonds is 5. The molecular formula is C18H21N5O2. The Morgan fingerprint density at radius 3 is 2.88 bits per heavy atom. The Bertz CT molecular complexity index is 835. The zero-order chi connectivity index (χ0) is 17.1. The van der Waals surface area contributed by atoms with Crippen molar-refractivity contribution in [2.45, 2.75) is 44.6 Å². The topological polar surface area (TPSA) is 78.9 Å². The second-order valence-electron chi connectivity index (χ2n) is 6.39. The van der Waals surface area contributed by atoms with Gasteiger partial charge in [-0.3, -0.25) is 0 Å². The molecule has 1 aromatic carbocycles. The van der Waals surface area contributed by atoms with Gasteiger partial charge in [0.15, 0.2) is 5.82 Å². The van der Waals surface area contributed by atoms with Crippen LogP contribution in [0.1, 0.15) is 49.7 Å². The summed E-state index contributed by atoms with van der Waals surface area (Å²) in [7, 11) is 1.65. The molecule has 3 aromatic rings. The largest absolute Gasteiger partial charge is 0.496 e. The van der Waals surface area contributed by atoms with Crippen LogP contribution in [0.25, 0.3) is 11.3 Å². The molecular weight excluding hydrogens is 318 g/mol. The fourth-order valence-electron chi connectivity index (χ4n) is 3.35. The van der Waals surface area contributed by atoms with Crippen molar-refractivity contribution < 1.29 is 9.26 Å². The Kier molecular flexibility index (Phi) is 4.45. The lowest BCUT2D eigenvalue weighted by atomic mass is 9.89. The van der Waals surface area contributed by atoms with E-state index in [-0.39, 0.29) is 0 Å². The first-order valence-corrected chi connectivity index (χ1v) is 8.69. The highest BCUT2D eigenvalue weighted by molar-refractivity contribution is 5.65. The number of aromatic nitrogens is 5. The number of nitrogens with zero attached hydrogens (tertiary/aromatic N) is 5. The Hall–Kier alpha value is -2.70. The van der Waals surface area contributed by atoms with Crippen molar-refractivity contribution in [2.75, 3.05) is 7.11 Å². The minimum absolute atomic E-state index is 0.412. The van der Waals surface area contributed by atoms with Gasteiger partial charge in [0.2, 0.25) is 5.89 Å². The summed E-state index contributed by atoms with van der Waals surface area (Å²) in [4.78, 5) is 4.55. The summed E-state index contributed by atoms with van der Waals surface area (Å²) in [6, 6.07) is 7.75. The minimum atomic E-state index is 0.412. The van der Waals surface area contributed by atoms with Crippen molar-refractivity contribution in [3.8, 4) is 17.0 Å². The summed E-state index contributed by atoms with van der Waals surface area (Å²) < 4.78 is 12.6. The van der Waals surface area contributed by atoms with E-state index < -0.39 is 0 Å². The van der Waals surface area contributed by atoms with Gasteiger partial charge in [0.05, 0.1) is 13.3 Å². The molecule has 2 heterocycles. The van der Waals surface area contributed by atoms with Crippen LogP contribution in [0.15, 0.2) is 35.0 Å². The van der Waals surface area contributed by atoms with E-state index in [0.29, 0.717) is 18.3 Å². The number of methoxy groups -OCH3 is 1. The van der Waals surface area contributed by atoms with Crippen molar-refractivity contribution in [2.24, 2.45) is 0 Å². The van der Waals surface area contributed by atoms with Gasteiger partial charge in [0, 0.05) is 11.5 Å². The quantitative estimate of drug-likeness (QED) is 0.708. The van der Waals surface area contributed by atoms with E-state index in [1.54, 1.807) is 11.8 Å². The summed E-state index contributed by atoms with van der Waals surface area (Å²) in [6.07, 6.45) is 7.95. The second kappa shape index (κ2) is 7.04.